The van der Waals surface area contributed by atoms with Gasteiger partial charge in [0.15, 0.2) is 0 Å². The highest BCUT2D eigenvalue weighted by Crippen LogP contribution is 1.85. The smallest absolute Gasteiger partial charge is 0.126 e. The fraction of sp³-hybridized carbons (Fsp3) is 0.200. The molecule has 1 aromatic heterocycles. The summed E-state index contributed by atoms with van der Waals surface area (Å²) >= 11 is 0. The zero-order valence-corrected chi connectivity index (χ0v) is 3.70. The van der Waals surface area contributed by atoms with E-state index in [0.29, 0.717) is 5.82 Å². The Morgan fingerprint density at radius 1 is 1.50 bits per heavy atom. The summed E-state index contributed by atoms with van der Waals surface area (Å²) in [6.07, 6.45) is 3.01. The van der Waals surface area contributed by atoms with E-state index in [4.69, 9.17) is 5.73 Å². The molecule has 0 aliphatic rings. The van der Waals surface area contributed by atoms with Crippen molar-refractivity contribution >= 4 is 5.82 Å². The third kappa shape index (κ3) is 1.55. The molecule has 8 heavy (non-hydrogen) atoms. The number of nitrogens with zero attached hydrogens (tertiary/aromatic N) is 2. The maximum atomic E-state index is 5.21. The number of nitrogens with two attached hydrogens (primary N) is 1. The molecule has 0 bridgehead atoms. The molecule has 0 amide bonds. The highest BCUT2D eigenvalue weighted by atomic mass is 14.9. The van der Waals surface area contributed by atoms with E-state index >= 15 is 0 Å². The van der Waals surface area contributed by atoms with Gasteiger partial charge in [0, 0.05) is 6.20 Å². The van der Waals surface area contributed by atoms with Crippen molar-refractivity contribution in [3.8, 4) is 0 Å². The van der Waals surface area contributed by atoms with Gasteiger partial charge >= 0.3 is 0 Å². The first-order valence-electron chi connectivity index (χ1n) is 1.91. The van der Waals surface area contributed by atoms with Crippen LogP contribution < -0.4 is 5.73 Å². The topological polar surface area (TPSA) is 51.8 Å². The van der Waals surface area contributed by atoms with Crippen LogP contribution in [-0.4, -0.2) is 9.97 Å². The third-order valence-corrected chi connectivity index (χ3v) is 0.605. The van der Waals surface area contributed by atoms with Gasteiger partial charge < -0.3 is 5.73 Å². The molecular weight excluding hydrogens is 102 g/mol. The monoisotopic (exact) mass is 111 g/mol. The normalized spacial score (nSPS) is 7.50. The number of anilines is 1. The second kappa shape index (κ2) is 2.96. The van der Waals surface area contributed by atoms with Gasteiger partial charge in [-0.3, -0.25) is 0 Å². The van der Waals surface area contributed by atoms with E-state index in [2.05, 4.69) is 9.97 Å². The first-order chi connectivity index (χ1) is 3.39. The summed E-state index contributed by atoms with van der Waals surface area (Å²) in [5.41, 5.74) is 5.21. The Morgan fingerprint density at radius 2 is 2.25 bits per heavy atom. The maximum absolute atomic E-state index is 5.21. The van der Waals surface area contributed by atoms with Crippen LogP contribution >= 0.6 is 0 Å². The molecule has 0 radical (unpaired) electrons. The molecule has 0 aliphatic heterocycles. The lowest BCUT2D eigenvalue weighted by atomic mass is 10.6. The van der Waals surface area contributed by atoms with E-state index in [1.165, 1.54) is 6.33 Å². The Labute approximate surface area is 48.6 Å². The van der Waals surface area contributed by atoms with Crippen molar-refractivity contribution in [2.24, 2.45) is 0 Å². The maximum Gasteiger partial charge on any atom is 0.126 e. The van der Waals surface area contributed by atoms with Gasteiger partial charge in [-0.2, -0.15) is 0 Å². The highest BCUT2D eigenvalue weighted by Gasteiger charge is 1.74. The molecule has 1 heterocycles. The van der Waals surface area contributed by atoms with E-state index in [0.717, 1.165) is 0 Å². The third-order valence-electron chi connectivity index (χ3n) is 0.605. The standard InChI is InChI=1S/C4H5N3.CH4/c5-4-1-2-6-3-7-4;/h1-3H,(H2,5,6,7);1H4. The fourth-order valence-corrected chi connectivity index (χ4v) is 0.301. The number of rotatable bonds is 0. The van der Waals surface area contributed by atoms with Crippen LogP contribution in [-0.2, 0) is 0 Å². The van der Waals surface area contributed by atoms with Crippen LogP contribution in [0.5, 0.6) is 0 Å². The van der Waals surface area contributed by atoms with Crippen molar-refractivity contribution < 1.29 is 0 Å². The van der Waals surface area contributed by atoms with E-state index < -0.39 is 0 Å². The van der Waals surface area contributed by atoms with Crippen molar-refractivity contribution in [3.05, 3.63) is 18.6 Å². The molecule has 3 nitrogen and oxygen atoms in total. The highest BCUT2D eigenvalue weighted by molar-refractivity contribution is 5.22. The minimum Gasteiger partial charge on any atom is -0.384 e. The Hall–Kier alpha value is -1.12. The summed E-state index contributed by atoms with van der Waals surface area (Å²) in [6, 6.07) is 1.64. The summed E-state index contributed by atoms with van der Waals surface area (Å²) in [5.74, 6) is 0.509. The molecule has 0 unspecified atom stereocenters. The molecular formula is C5H9N3. The lowest BCUT2D eigenvalue weighted by Gasteiger charge is -1.82. The van der Waals surface area contributed by atoms with Gasteiger partial charge in [-0.05, 0) is 6.07 Å². The first kappa shape index (κ1) is 6.88. The van der Waals surface area contributed by atoms with Crippen molar-refractivity contribution in [1.82, 2.24) is 9.97 Å². The Morgan fingerprint density at radius 3 is 2.50 bits per heavy atom. The van der Waals surface area contributed by atoms with Gasteiger partial charge in [0.25, 0.3) is 0 Å². The molecule has 0 saturated carbocycles. The van der Waals surface area contributed by atoms with Gasteiger partial charge in [-0.15, -0.1) is 0 Å². The van der Waals surface area contributed by atoms with Gasteiger partial charge in [-0.1, -0.05) is 7.43 Å². The molecule has 0 aliphatic carbocycles. The molecule has 0 saturated heterocycles. The fourth-order valence-electron chi connectivity index (χ4n) is 0.301. The van der Waals surface area contributed by atoms with Crippen LogP contribution in [0.25, 0.3) is 0 Å². The zero-order valence-electron chi connectivity index (χ0n) is 3.70. The van der Waals surface area contributed by atoms with Gasteiger partial charge in [0.2, 0.25) is 0 Å². The van der Waals surface area contributed by atoms with Crippen molar-refractivity contribution in [1.29, 1.82) is 0 Å². The van der Waals surface area contributed by atoms with Crippen LogP contribution in [0.4, 0.5) is 5.82 Å². The zero-order chi connectivity index (χ0) is 5.11. The number of nitrogen functional groups attached to an aromatic ring is 1. The lowest BCUT2D eigenvalue weighted by molar-refractivity contribution is 1.18. The van der Waals surface area contributed by atoms with Crippen LogP contribution in [0, 0.1) is 0 Å². The summed E-state index contributed by atoms with van der Waals surface area (Å²) in [7, 11) is 0. The second-order valence-corrected chi connectivity index (χ2v) is 1.13. The molecule has 1 rings (SSSR count). The van der Waals surface area contributed by atoms with Gasteiger partial charge in [0.1, 0.15) is 12.1 Å². The Bertz CT molecular complexity index is 138. The van der Waals surface area contributed by atoms with Crippen LogP contribution in [0.15, 0.2) is 18.6 Å². The number of hydrogen-bond acceptors (Lipinski definition) is 3. The summed E-state index contributed by atoms with van der Waals surface area (Å²) in [5, 5.41) is 0. The minimum atomic E-state index is 0. The van der Waals surface area contributed by atoms with Gasteiger partial charge in [0.05, 0.1) is 0 Å². The van der Waals surface area contributed by atoms with Crippen LogP contribution in [0.1, 0.15) is 7.43 Å². The predicted octanol–water partition coefficient (Wildman–Crippen LogP) is 0.695. The van der Waals surface area contributed by atoms with Crippen molar-refractivity contribution in [3.63, 3.8) is 0 Å². The molecule has 0 aromatic carbocycles. The van der Waals surface area contributed by atoms with E-state index in [1.54, 1.807) is 12.3 Å². The Balaban J connectivity index is 0.000000490. The number of aromatic nitrogens is 2. The molecule has 0 spiro atoms. The van der Waals surface area contributed by atoms with Gasteiger partial charge in [-0.25, -0.2) is 9.97 Å². The van der Waals surface area contributed by atoms with Crippen molar-refractivity contribution in [2.45, 2.75) is 7.43 Å². The van der Waals surface area contributed by atoms with Crippen molar-refractivity contribution in [2.75, 3.05) is 5.73 Å². The quantitative estimate of drug-likeness (QED) is 0.536. The van der Waals surface area contributed by atoms with E-state index in [1.807, 2.05) is 0 Å². The summed E-state index contributed by atoms with van der Waals surface area (Å²) in [6.45, 7) is 0. The molecule has 2 N–H and O–H groups in total. The van der Waals surface area contributed by atoms with Crippen LogP contribution in [0.3, 0.4) is 0 Å². The molecule has 44 valence electrons. The van der Waals surface area contributed by atoms with E-state index in [-0.39, 0.29) is 7.43 Å². The first-order valence-corrected chi connectivity index (χ1v) is 1.91. The summed E-state index contributed by atoms with van der Waals surface area (Å²) < 4.78 is 0. The van der Waals surface area contributed by atoms with E-state index in [9.17, 15) is 0 Å². The summed E-state index contributed by atoms with van der Waals surface area (Å²) in [4.78, 5) is 7.30. The predicted molar refractivity (Wildman–Crippen MR) is 33.2 cm³/mol. The molecule has 0 fully saturated rings. The molecule has 0 atom stereocenters. The minimum absolute atomic E-state index is 0. The number of hydrogen-bond donors (Lipinski definition) is 1. The SMILES string of the molecule is C.Nc1ccncn1. The molecule has 3 heteroatoms. The second-order valence-electron chi connectivity index (χ2n) is 1.13. The molecule has 1 aromatic rings. The average Bonchev–Trinajstić information content (AvgIpc) is 1.69. The lowest BCUT2D eigenvalue weighted by Crippen LogP contribution is -1.87. The largest absolute Gasteiger partial charge is 0.384 e. The van der Waals surface area contributed by atoms with Crippen LogP contribution in [0.2, 0.25) is 0 Å². The Kier molecular flexibility index (Phi) is 2.54. The average molecular weight is 111 g/mol.